The number of likely N-dealkylation sites (tertiary alicyclic amines) is 1. The Labute approximate surface area is 198 Å². The zero-order chi connectivity index (χ0) is 24.5. The second-order valence-corrected chi connectivity index (χ2v) is 9.88. The molecule has 0 bridgehead atoms. The quantitative estimate of drug-likeness (QED) is 0.664. The van der Waals surface area contributed by atoms with Crippen molar-refractivity contribution in [3.63, 3.8) is 0 Å². The number of fused-ring (bicyclic) bond motifs is 1. The van der Waals surface area contributed by atoms with E-state index in [-0.39, 0.29) is 11.4 Å². The Kier molecular flexibility index (Phi) is 6.97. The highest BCUT2D eigenvalue weighted by Crippen LogP contribution is 2.35. The summed E-state index contributed by atoms with van der Waals surface area (Å²) < 4.78 is 33.8. The van der Waals surface area contributed by atoms with E-state index in [1.54, 1.807) is 11.3 Å². The van der Waals surface area contributed by atoms with Gasteiger partial charge < -0.3 is 15.0 Å². The molecule has 1 unspecified atom stereocenters. The molecule has 186 valence electrons. The van der Waals surface area contributed by atoms with Crippen LogP contribution in [0.4, 0.5) is 13.2 Å². The normalized spacial score (nSPS) is 23.2. The Morgan fingerprint density at radius 1 is 1.29 bits per heavy atom. The first-order chi connectivity index (χ1) is 16.1. The van der Waals surface area contributed by atoms with Crippen molar-refractivity contribution in [1.29, 1.82) is 0 Å². The first-order valence-electron chi connectivity index (χ1n) is 11.1. The van der Waals surface area contributed by atoms with Crippen LogP contribution in [0.3, 0.4) is 0 Å². The number of nitrogens with zero attached hydrogens (tertiary/aromatic N) is 5. The van der Waals surface area contributed by atoms with E-state index in [1.807, 2.05) is 0 Å². The Bertz CT molecular complexity index is 1020. The van der Waals surface area contributed by atoms with Crippen molar-refractivity contribution >= 4 is 23.2 Å². The number of aliphatic carboxylic acids is 1. The van der Waals surface area contributed by atoms with Gasteiger partial charge in [0.1, 0.15) is 5.82 Å². The smallest absolute Gasteiger partial charge is 0.475 e. The van der Waals surface area contributed by atoms with Crippen molar-refractivity contribution in [2.24, 2.45) is 0 Å². The lowest BCUT2D eigenvalue weighted by atomic mass is 9.93. The topological polar surface area (TPSA) is 104 Å². The minimum atomic E-state index is -5.08. The molecule has 1 amide bonds. The fourth-order valence-electron chi connectivity index (χ4n) is 4.54. The van der Waals surface area contributed by atoms with Gasteiger partial charge in [0, 0.05) is 32.2 Å². The lowest BCUT2D eigenvalue weighted by Gasteiger charge is -2.43. The summed E-state index contributed by atoms with van der Waals surface area (Å²) in [6.45, 7) is 4.64. The minimum Gasteiger partial charge on any atom is -0.475 e. The standard InChI is InChI=1S/C19H26N6OS.C2HF3O2/c1-23-10-16-21-22-17(18(26)20-15-3-2-4-15)25(16)13-19(23)6-7-24(12-19)9-14-5-8-27-11-14;3-2(4,5)1(6)7/h5,8,11,15H,2-4,6-7,9-10,12-13H2,1H3,(H,20,26);(H,6,7). The van der Waals surface area contributed by atoms with Gasteiger partial charge in [-0.3, -0.25) is 14.6 Å². The van der Waals surface area contributed by atoms with E-state index in [2.05, 4.69) is 53.8 Å². The number of amides is 1. The summed E-state index contributed by atoms with van der Waals surface area (Å²) in [6.07, 6.45) is -0.612. The number of nitrogens with one attached hydrogen (secondary N) is 1. The number of alkyl halides is 3. The number of thiophene rings is 1. The largest absolute Gasteiger partial charge is 0.490 e. The summed E-state index contributed by atoms with van der Waals surface area (Å²) in [5.41, 5.74) is 1.44. The third-order valence-corrected chi connectivity index (χ3v) is 7.48. The molecule has 2 aromatic heterocycles. The van der Waals surface area contributed by atoms with Crippen molar-refractivity contribution in [1.82, 2.24) is 29.9 Å². The van der Waals surface area contributed by atoms with Crippen LogP contribution in [0.25, 0.3) is 0 Å². The maximum atomic E-state index is 12.7. The predicted molar refractivity (Wildman–Crippen MR) is 117 cm³/mol. The molecule has 4 heterocycles. The second-order valence-electron chi connectivity index (χ2n) is 9.10. The lowest BCUT2D eigenvalue weighted by Crippen LogP contribution is -2.55. The molecular weight excluding hydrogens is 473 g/mol. The number of rotatable bonds is 4. The van der Waals surface area contributed by atoms with E-state index >= 15 is 0 Å². The zero-order valence-electron chi connectivity index (χ0n) is 18.7. The Morgan fingerprint density at radius 2 is 2.03 bits per heavy atom. The molecule has 5 rings (SSSR count). The van der Waals surface area contributed by atoms with Gasteiger partial charge in [-0.05, 0) is 55.1 Å². The van der Waals surface area contributed by atoms with E-state index in [1.165, 1.54) is 12.0 Å². The highest BCUT2D eigenvalue weighted by atomic mass is 32.1. The average Bonchev–Trinajstić information content (AvgIpc) is 3.47. The molecule has 1 saturated heterocycles. The van der Waals surface area contributed by atoms with Crippen molar-refractivity contribution in [3.8, 4) is 0 Å². The summed E-state index contributed by atoms with van der Waals surface area (Å²) in [5.74, 6) is -1.43. The van der Waals surface area contributed by atoms with Crippen LogP contribution >= 0.6 is 11.3 Å². The third-order valence-electron chi connectivity index (χ3n) is 6.75. The van der Waals surface area contributed by atoms with Gasteiger partial charge in [0.15, 0.2) is 0 Å². The van der Waals surface area contributed by atoms with Gasteiger partial charge in [-0.1, -0.05) is 0 Å². The van der Waals surface area contributed by atoms with Crippen LogP contribution in [0.1, 0.15) is 47.7 Å². The fourth-order valence-corrected chi connectivity index (χ4v) is 5.20. The number of aromatic nitrogens is 3. The predicted octanol–water partition coefficient (Wildman–Crippen LogP) is 2.35. The van der Waals surface area contributed by atoms with Crippen LogP contribution in [0.5, 0.6) is 0 Å². The summed E-state index contributed by atoms with van der Waals surface area (Å²) in [7, 11) is 2.18. The van der Waals surface area contributed by atoms with Crippen molar-refractivity contribution < 1.29 is 27.9 Å². The van der Waals surface area contributed by atoms with Crippen LogP contribution < -0.4 is 5.32 Å². The van der Waals surface area contributed by atoms with E-state index in [4.69, 9.17) is 9.90 Å². The van der Waals surface area contributed by atoms with E-state index in [0.717, 1.165) is 57.8 Å². The summed E-state index contributed by atoms with van der Waals surface area (Å²) in [6, 6.07) is 2.53. The SMILES string of the molecule is CN1Cc2nnc(C(=O)NC3CCC3)n2CC12CCN(Cc1ccsc1)C2.O=C(O)C(F)(F)F. The molecule has 3 aliphatic rings. The molecule has 13 heteroatoms. The second kappa shape index (κ2) is 9.62. The number of carboxylic acid groups (broad SMARTS) is 1. The summed E-state index contributed by atoms with van der Waals surface area (Å²) in [5, 5.41) is 23.2. The van der Waals surface area contributed by atoms with Gasteiger partial charge >= 0.3 is 12.1 Å². The van der Waals surface area contributed by atoms with Crippen molar-refractivity contribution in [2.75, 3.05) is 20.1 Å². The zero-order valence-corrected chi connectivity index (χ0v) is 19.5. The van der Waals surface area contributed by atoms with Gasteiger partial charge in [0.05, 0.1) is 12.1 Å². The number of carbonyl (C=O) groups is 2. The van der Waals surface area contributed by atoms with Gasteiger partial charge in [-0.25, -0.2) is 4.79 Å². The summed E-state index contributed by atoms with van der Waals surface area (Å²) in [4.78, 5) is 26.5. The number of halogens is 3. The highest BCUT2D eigenvalue weighted by Gasteiger charge is 2.46. The van der Waals surface area contributed by atoms with Gasteiger partial charge in [0.25, 0.3) is 5.91 Å². The van der Waals surface area contributed by atoms with Crippen LogP contribution in [0.2, 0.25) is 0 Å². The van der Waals surface area contributed by atoms with Crippen LogP contribution in [0.15, 0.2) is 16.8 Å². The number of likely N-dealkylation sites (N-methyl/N-ethyl adjacent to an activating group) is 1. The number of hydrogen-bond acceptors (Lipinski definition) is 7. The number of carbonyl (C=O) groups excluding carboxylic acids is 1. The Hall–Kier alpha value is -2.51. The minimum absolute atomic E-state index is 0.0525. The van der Waals surface area contributed by atoms with Crippen LogP contribution in [-0.2, 0) is 24.4 Å². The molecule has 1 saturated carbocycles. The van der Waals surface area contributed by atoms with Crippen LogP contribution in [-0.4, -0.2) is 79.4 Å². The monoisotopic (exact) mass is 500 g/mol. The summed E-state index contributed by atoms with van der Waals surface area (Å²) >= 11 is 1.76. The number of hydrogen-bond donors (Lipinski definition) is 2. The molecule has 2 fully saturated rings. The molecule has 0 radical (unpaired) electrons. The molecule has 0 aromatic carbocycles. The average molecular weight is 501 g/mol. The lowest BCUT2D eigenvalue weighted by molar-refractivity contribution is -0.192. The Morgan fingerprint density at radius 3 is 2.62 bits per heavy atom. The van der Waals surface area contributed by atoms with Gasteiger partial charge in [0.2, 0.25) is 5.82 Å². The van der Waals surface area contributed by atoms with Crippen molar-refractivity contribution in [3.05, 3.63) is 34.0 Å². The number of carboxylic acids is 1. The molecule has 2 aromatic rings. The van der Waals surface area contributed by atoms with Crippen molar-refractivity contribution in [2.45, 2.75) is 63.1 Å². The maximum Gasteiger partial charge on any atom is 0.490 e. The van der Waals surface area contributed by atoms with Crippen LogP contribution in [0, 0.1) is 0 Å². The van der Waals surface area contributed by atoms with Gasteiger partial charge in [-0.15, -0.1) is 10.2 Å². The molecule has 9 nitrogen and oxygen atoms in total. The Balaban J connectivity index is 0.000000344. The van der Waals surface area contributed by atoms with Gasteiger partial charge in [-0.2, -0.15) is 24.5 Å². The molecule has 1 aliphatic carbocycles. The molecule has 2 N–H and O–H groups in total. The van der Waals surface area contributed by atoms with E-state index in [9.17, 15) is 18.0 Å². The maximum absolute atomic E-state index is 12.7. The molecule has 34 heavy (non-hydrogen) atoms. The highest BCUT2D eigenvalue weighted by molar-refractivity contribution is 7.07. The van der Waals surface area contributed by atoms with E-state index in [0.29, 0.717) is 11.9 Å². The molecule has 1 spiro atoms. The third kappa shape index (κ3) is 5.26. The molecular formula is C21H27F3N6O3S. The first-order valence-corrected chi connectivity index (χ1v) is 12.0. The van der Waals surface area contributed by atoms with E-state index < -0.39 is 12.1 Å². The molecule has 2 aliphatic heterocycles. The fraction of sp³-hybridized carbons (Fsp3) is 0.619. The first kappa shape index (κ1) is 24.6. The molecule has 1 atom stereocenters.